The van der Waals surface area contributed by atoms with E-state index in [0.29, 0.717) is 21.4 Å². The number of rotatable bonds is 3. The zero-order valence-electron chi connectivity index (χ0n) is 13.8. The molecule has 1 aliphatic heterocycles. The highest BCUT2D eigenvalue weighted by molar-refractivity contribution is 6.36. The SMILES string of the molecule is CC1(C)Nc2ccccc2N(CC(=O)Nc2ccc(Cl)cc2Cl)C1=O. The van der Waals surface area contributed by atoms with E-state index in [2.05, 4.69) is 10.6 Å². The summed E-state index contributed by atoms with van der Waals surface area (Å²) in [6, 6.07) is 12.2. The number of amides is 2. The maximum Gasteiger partial charge on any atom is 0.252 e. The Morgan fingerprint density at radius 1 is 1.20 bits per heavy atom. The molecule has 1 aliphatic rings. The Kier molecular flexibility index (Phi) is 4.62. The zero-order chi connectivity index (χ0) is 18.2. The molecule has 0 fully saturated rings. The fourth-order valence-electron chi connectivity index (χ4n) is 2.73. The molecule has 0 aliphatic carbocycles. The lowest BCUT2D eigenvalue weighted by molar-refractivity contribution is -0.124. The third-order valence-electron chi connectivity index (χ3n) is 3.93. The standard InChI is InChI=1S/C18H17Cl2N3O2/c1-18(2)17(25)23(15-6-4-3-5-14(15)22-18)10-16(24)21-13-8-7-11(19)9-12(13)20/h3-9,22H,10H2,1-2H3,(H,21,24). The molecule has 7 heteroatoms. The van der Waals surface area contributed by atoms with Gasteiger partial charge in [0.05, 0.1) is 22.1 Å². The first-order chi connectivity index (χ1) is 11.8. The number of halogens is 2. The average molecular weight is 378 g/mol. The molecule has 3 rings (SSSR count). The Labute approximate surface area is 155 Å². The van der Waals surface area contributed by atoms with Crippen molar-refractivity contribution in [1.82, 2.24) is 0 Å². The van der Waals surface area contributed by atoms with Crippen LogP contribution in [0.1, 0.15) is 13.8 Å². The summed E-state index contributed by atoms with van der Waals surface area (Å²) >= 11 is 11.9. The van der Waals surface area contributed by atoms with Crippen molar-refractivity contribution in [2.75, 3.05) is 22.1 Å². The van der Waals surface area contributed by atoms with Crippen LogP contribution < -0.4 is 15.5 Å². The van der Waals surface area contributed by atoms with Gasteiger partial charge in [-0.2, -0.15) is 0 Å². The first kappa shape index (κ1) is 17.6. The van der Waals surface area contributed by atoms with Crippen LogP contribution in [0.3, 0.4) is 0 Å². The van der Waals surface area contributed by atoms with Crippen molar-refractivity contribution in [3.63, 3.8) is 0 Å². The first-order valence-corrected chi connectivity index (χ1v) is 8.47. The number of carbonyl (C=O) groups excluding carboxylic acids is 2. The van der Waals surface area contributed by atoms with Crippen molar-refractivity contribution < 1.29 is 9.59 Å². The van der Waals surface area contributed by atoms with Gasteiger partial charge in [0.2, 0.25) is 5.91 Å². The third-order valence-corrected chi connectivity index (χ3v) is 4.48. The molecule has 5 nitrogen and oxygen atoms in total. The van der Waals surface area contributed by atoms with Crippen LogP contribution >= 0.6 is 23.2 Å². The van der Waals surface area contributed by atoms with Crippen molar-refractivity contribution in [2.45, 2.75) is 19.4 Å². The van der Waals surface area contributed by atoms with Crippen molar-refractivity contribution in [3.05, 3.63) is 52.5 Å². The van der Waals surface area contributed by atoms with Gasteiger partial charge in [0.15, 0.2) is 0 Å². The molecule has 0 radical (unpaired) electrons. The van der Waals surface area contributed by atoms with Gasteiger partial charge in [-0.05, 0) is 44.2 Å². The molecule has 25 heavy (non-hydrogen) atoms. The Morgan fingerprint density at radius 2 is 1.92 bits per heavy atom. The molecule has 2 aromatic rings. The van der Waals surface area contributed by atoms with Crippen LogP contribution in [0.5, 0.6) is 0 Å². The minimum Gasteiger partial charge on any atom is -0.370 e. The van der Waals surface area contributed by atoms with Crippen molar-refractivity contribution in [3.8, 4) is 0 Å². The second kappa shape index (κ2) is 6.58. The minimum atomic E-state index is -0.799. The Morgan fingerprint density at radius 3 is 2.64 bits per heavy atom. The van der Waals surface area contributed by atoms with E-state index in [0.717, 1.165) is 5.69 Å². The highest BCUT2D eigenvalue weighted by Gasteiger charge is 2.39. The van der Waals surface area contributed by atoms with Crippen molar-refractivity contribution in [1.29, 1.82) is 0 Å². The molecule has 0 aromatic heterocycles. The van der Waals surface area contributed by atoms with E-state index in [1.807, 2.05) is 18.2 Å². The molecule has 130 valence electrons. The molecular weight excluding hydrogens is 361 g/mol. The molecule has 2 aromatic carbocycles. The number of hydrogen-bond donors (Lipinski definition) is 2. The summed E-state index contributed by atoms with van der Waals surface area (Å²) in [7, 11) is 0. The third kappa shape index (κ3) is 3.57. The van der Waals surface area contributed by atoms with Crippen LogP contribution in [-0.2, 0) is 9.59 Å². The largest absolute Gasteiger partial charge is 0.370 e. The summed E-state index contributed by atoms with van der Waals surface area (Å²) in [5, 5.41) is 6.74. The van der Waals surface area contributed by atoms with Crippen LogP contribution in [0.2, 0.25) is 10.0 Å². The fraction of sp³-hybridized carbons (Fsp3) is 0.222. The number of hydrogen-bond acceptors (Lipinski definition) is 3. The number of para-hydroxylation sites is 2. The smallest absolute Gasteiger partial charge is 0.252 e. The molecule has 0 unspecified atom stereocenters. The van der Waals surface area contributed by atoms with Gasteiger partial charge in [0, 0.05) is 5.02 Å². The average Bonchev–Trinajstić information content (AvgIpc) is 2.54. The van der Waals surface area contributed by atoms with Crippen LogP contribution in [-0.4, -0.2) is 23.9 Å². The highest BCUT2D eigenvalue weighted by Crippen LogP contribution is 2.35. The highest BCUT2D eigenvalue weighted by atomic mass is 35.5. The lowest BCUT2D eigenvalue weighted by Crippen LogP contribution is -2.55. The monoisotopic (exact) mass is 377 g/mol. The maximum atomic E-state index is 12.7. The van der Waals surface area contributed by atoms with Gasteiger partial charge >= 0.3 is 0 Å². The number of benzene rings is 2. The van der Waals surface area contributed by atoms with Crippen LogP contribution in [0, 0.1) is 0 Å². The minimum absolute atomic E-state index is 0.111. The van der Waals surface area contributed by atoms with E-state index in [-0.39, 0.29) is 18.4 Å². The number of anilines is 3. The van der Waals surface area contributed by atoms with Gasteiger partial charge in [-0.1, -0.05) is 35.3 Å². The summed E-state index contributed by atoms with van der Waals surface area (Å²) < 4.78 is 0. The topological polar surface area (TPSA) is 61.4 Å². The molecule has 1 heterocycles. The predicted octanol–water partition coefficient (Wildman–Crippen LogP) is 4.17. The quantitative estimate of drug-likeness (QED) is 0.843. The molecule has 0 spiro atoms. The lowest BCUT2D eigenvalue weighted by atomic mass is 9.98. The number of nitrogens with zero attached hydrogens (tertiary/aromatic N) is 1. The predicted molar refractivity (Wildman–Crippen MR) is 102 cm³/mol. The number of fused-ring (bicyclic) bond motifs is 1. The van der Waals surface area contributed by atoms with E-state index in [4.69, 9.17) is 23.2 Å². The van der Waals surface area contributed by atoms with Gasteiger partial charge < -0.3 is 10.6 Å². The van der Waals surface area contributed by atoms with Crippen LogP contribution in [0.25, 0.3) is 0 Å². The van der Waals surface area contributed by atoms with Crippen molar-refractivity contribution >= 4 is 52.1 Å². The summed E-state index contributed by atoms with van der Waals surface area (Å²) in [5.74, 6) is -0.520. The van der Waals surface area contributed by atoms with Gasteiger partial charge in [-0.25, -0.2) is 0 Å². The summed E-state index contributed by atoms with van der Waals surface area (Å²) in [6.45, 7) is 3.46. The van der Waals surface area contributed by atoms with E-state index in [1.54, 1.807) is 38.1 Å². The van der Waals surface area contributed by atoms with E-state index >= 15 is 0 Å². The summed E-state index contributed by atoms with van der Waals surface area (Å²) in [5.41, 5.74) is 1.13. The van der Waals surface area contributed by atoms with Gasteiger partial charge in [-0.15, -0.1) is 0 Å². The normalized spacial score (nSPS) is 15.4. The molecule has 0 bridgehead atoms. The molecule has 0 saturated heterocycles. The molecular formula is C18H17Cl2N3O2. The van der Waals surface area contributed by atoms with E-state index < -0.39 is 5.54 Å². The molecule has 0 atom stereocenters. The number of carbonyl (C=O) groups is 2. The van der Waals surface area contributed by atoms with Crippen LogP contribution in [0.4, 0.5) is 17.1 Å². The first-order valence-electron chi connectivity index (χ1n) is 7.72. The lowest BCUT2D eigenvalue weighted by Gasteiger charge is -2.39. The van der Waals surface area contributed by atoms with E-state index in [9.17, 15) is 9.59 Å². The second-order valence-electron chi connectivity index (χ2n) is 6.33. The molecule has 0 saturated carbocycles. The zero-order valence-corrected chi connectivity index (χ0v) is 15.3. The van der Waals surface area contributed by atoms with Gasteiger partial charge in [0.1, 0.15) is 12.1 Å². The van der Waals surface area contributed by atoms with Crippen LogP contribution in [0.15, 0.2) is 42.5 Å². The Bertz CT molecular complexity index is 852. The fourth-order valence-corrected chi connectivity index (χ4v) is 3.19. The van der Waals surface area contributed by atoms with Crippen molar-refractivity contribution in [2.24, 2.45) is 0 Å². The number of nitrogens with one attached hydrogen (secondary N) is 2. The summed E-state index contributed by atoms with van der Waals surface area (Å²) in [6.07, 6.45) is 0. The Hall–Kier alpha value is -2.24. The Balaban J connectivity index is 1.83. The van der Waals surface area contributed by atoms with Gasteiger partial charge in [0.25, 0.3) is 5.91 Å². The summed E-state index contributed by atoms with van der Waals surface area (Å²) in [4.78, 5) is 26.7. The molecule has 2 N–H and O–H groups in total. The van der Waals surface area contributed by atoms with E-state index in [1.165, 1.54) is 4.90 Å². The molecule has 2 amide bonds. The maximum absolute atomic E-state index is 12.7. The van der Waals surface area contributed by atoms with Gasteiger partial charge in [-0.3, -0.25) is 14.5 Å². The second-order valence-corrected chi connectivity index (χ2v) is 7.17.